The van der Waals surface area contributed by atoms with E-state index in [1.807, 2.05) is 42.5 Å². The van der Waals surface area contributed by atoms with Crippen molar-refractivity contribution < 1.29 is 9.53 Å². The van der Waals surface area contributed by atoms with Crippen molar-refractivity contribution in [3.8, 4) is 5.75 Å². The van der Waals surface area contributed by atoms with E-state index in [0.29, 0.717) is 19.6 Å². The molecule has 3 aromatic rings. The molecule has 6 nitrogen and oxygen atoms in total. The minimum Gasteiger partial charge on any atom is -0.493 e. The van der Waals surface area contributed by atoms with Crippen molar-refractivity contribution in [3.63, 3.8) is 0 Å². The number of aromatic nitrogens is 2. The minimum atomic E-state index is -0.120. The van der Waals surface area contributed by atoms with E-state index in [4.69, 9.17) is 9.72 Å². The number of hydrogen-bond donors (Lipinski definition) is 1. The summed E-state index contributed by atoms with van der Waals surface area (Å²) in [7, 11) is 4.18. The molecule has 1 aromatic heterocycles. The van der Waals surface area contributed by atoms with Gasteiger partial charge in [0.05, 0.1) is 17.6 Å². The van der Waals surface area contributed by atoms with Gasteiger partial charge in [-0.25, -0.2) is 4.98 Å². The number of benzene rings is 2. The van der Waals surface area contributed by atoms with Crippen molar-refractivity contribution in [1.29, 1.82) is 0 Å². The van der Waals surface area contributed by atoms with Crippen LogP contribution in [-0.4, -0.2) is 54.1 Å². The first-order valence-corrected chi connectivity index (χ1v) is 11.3. The van der Waals surface area contributed by atoms with Crippen LogP contribution in [0.2, 0.25) is 0 Å². The van der Waals surface area contributed by atoms with Crippen LogP contribution in [0.15, 0.2) is 54.6 Å². The summed E-state index contributed by atoms with van der Waals surface area (Å²) < 4.78 is 8.03. The quantitative estimate of drug-likeness (QED) is 0.435. The Morgan fingerprint density at radius 2 is 1.94 bits per heavy atom. The zero-order valence-corrected chi connectivity index (χ0v) is 19.4. The van der Waals surface area contributed by atoms with E-state index in [1.54, 1.807) is 12.2 Å². The Morgan fingerprint density at radius 3 is 2.75 bits per heavy atom. The molecule has 0 aliphatic carbocycles. The molecule has 0 radical (unpaired) electrons. The van der Waals surface area contributed by atoms with E-state index < -0.39 is 0 Å². The monoisotopic (exact) mass is 434 g/mol. The highest BCUT2D eigenvalue weighted by Gasteiger charge is 2.10. The fraction of sp³-hybridized carbons (Fsp3) is 0.385. The standard InChI is InChI=1S/C26H34N4O2/c1-4-20-32-24-13-8-5-10-21(24)14-15-26(31)27-17-16-25-28-22-11-6-7-12-23(22)30(25)19-9-18-29(2)3/h5-8,10-15H,4,9,16-20H2,1-3H3,(H,27,31)/b15-14+. The first-order chi connectivity index (χ1) is 15.6. The number of carbonyl (C=O) groups is 1. The van der Waals surface area contributed by atoms with Crippen molar-refractivity contribution in [3.05, 3.63) is 66.0 Å². The molecule has 0 saturated heterocycles. The third-order valence-electron chi connectivity index (χ3n) is 5.16. The normalized spacial score (nSPS) is 11.5. The number of carbonyl (C=O) groups excluding carboxylic acids is 1. The highest BCUT2D eigenvalue weighted by atomic mass is 16.5. The topological polar surface area (TPSA) is 59.4 Å². The van der Waals surface area contributed by atoms with E-state index >= 15 is 0 Å². The molecule has 3 rings (SSSR count). The van der Waals surface area contributed by atoms with Crippen LogP contribution in [0.25, 0.3) is 17.1 Å². The maximum absolute atomic E-state index is 12.4. The summed E-state index contributed by atoms with van der Waals surface area (Å²) in [5, 5.41) is 2.98. The number of nitrogens with zero attached hydrogens (tertiary/aromatic N) is 3. The number of nitrogens with one attached hydrogen (secondary N) is 1. The Labute approximate surface area is 190 Å². The van der Waals surface area contributed by atoms with Gasteiger partial charge in [-0.05, 0) is 57.8 Å². The molecule has 2 aromatic carbocycles. The first-order valence-electron chi connectivity index (χ1n) is 11.3. The van der Waals surface area contributed by atoms with Crippen molar-refractivity contribution in [1.82, 2.24) is 19.8 Å². The summed E-state index contributed by atoms with van der Waals surface area (Å²) in [5.41, 5.74) is 3.05. The van der Waals surface area contributed by atoms with Gasteiger partial charge in [-0.2, -0.15) is 0 Å². The SMILES string of the molecule is CCCOc1ccccc1/C=C/C(=O)NCCc1nc2ccccc2n1CCCN(C)C. The van der Waals surface area contributed by atoms with Gasteiger partial charge in [0.2, 0.25) is 5.91 Å². The Hall–Kier alpha value is -3.12. The lowest BCUT2D eigenvalue weighted by molar-refractivity contribution is -0.116. The predicted octanol–water partition coefficient (Wildman–Crippen LogP) is 4.15. The molecule has 0 aliphatic heterocycles. The van der Waals surface area contributed by atoms with Crippen LogP contribution in [0, 0.1) is 0 Å². The van der Waals surface area contributed by atoms with E-state index in [9.17, 15) is 4.79 Å². The molecule has 0 saturated carbocycles. The average molecular weight is 435 g/mol. The molecule has 1 N–H and O–H groups in total. The number of fused-ring (bicyclic) bond motifs is 1. The van der Waals surface area contributed by atoms with Crippen LogP contribution in [0.5, 0.6) is 5.75 Å². The fourth-order valence-electron chi connectivity index (χ4n) is 3.59. The van der Waals surface area contributed by atoms with E-state index in [2.05, 4.69) is 41.9 Å². The van der Waals surface area contributed by atoms with Crippen molar-refractivity contribution in [2.45, 2.75) is 32.7 Å². The molecule has 0 bridgehead atoms. The molecule has 170 valence electrons. The number of amides is 1. The Bertz CT molecular complexity index is 1040. The summed E-state index contributed by atoms with van der Waals surface area (Å²) in [6.45, 7) is 5.20. The molecule has 0 aliphatic rings. The van der Waals surface area contributed by atoms with Gasteiger partial charge in [0, 0.05) is 31.1 Å². The largest absolute Gasteiger partial charge is 0.493 e. The molecule has 6 heteroatoms. The van der Waals surface area contributed by atoms with Crippen LogP contribution in [-0.2, 0) is 17.8 Å². The van der Waals surface area contributed by atoms with Crippen LogP contribution < -0.4 is 10.1 Å². The van der Waals surface area contributed by atoms with Crippen LogP contribution in [0.3, 0.4) is 0 Å². The third kappa shape index (κ3) is 6.69. The summed E-state index contributed by atoms with van der Waals surface area (Å²) >= 11 is 0. The average Bonchev–Trinajstić information content (AvgIpc) is 3.14. The van der Waals surface area contributed by atoms with Gasteiger partial charge in [0.15, 0.2) is 0 Å². The molecule has 0 spiro atoms. The lowest BCUT2D eigenvalue weighted by Crippen LogP contribution is -2.24. The maximum atomic E-state index is 12.4. The number of rotatable bonds is 12. The summed E-state index contributed by atoms with van der Waals surface area (Å²) in [6.07, 6.45) is 6.05. The minimum absolute atomic E-state index is 0.120. The van der Waals surface area contributed by atoms with Gasteiger partial charge in [-0.1, -0.05) is 37.3 Å². The number of aryl methyl sites for hydroxylation is 1. The van der Waals surface area contributed by atoms with Crippen LogP contribution in [0.4, 0.5) is 0 Å². The molecule has 0 fully saturated rings. The highest BCUT2D eigenvalue weighted by Crippen LogP contribution is 2.20. The van der Waals surface area contributed by atoms with Gasteiger partial charge >= 0.3 is 0 Å². The van der Waals surface area contributed by atoms with Gasteiger partial charge in [-0.3, -0.25) is 4.79 Å². The molecular formula is C26H34N4O2. The van der Waals surface area contributed by atoms with Gasteiger partial charge < -0.3 is 19.5 Å². The first kappa shape index (κ1) is 23.5. The molecular weight excluding hydrogens is 400 g/mol. The summed E-state index contributed by atoms with van der Waals surface area (Å²) in [4.78, 5) is 19.4. The van der Waals surface area contributed by atoms with Crippen molar-refractivity contribution in [2.75, 3.05) is 33.8 Å². The lowest BCUT2D eigenvalue weighted by atomic mass is 10.2. The van der Waals surface area contributed by atoms with E-state index in [0.717, 1.165) is 54.1 Å². The Kier molecular flexibility index (Phi) is 8.87. The second-order valence-corrected chi connectivity index (χ2v) is 8.09. The molecule has 1 amide bonds. The second-order valence-electron chi connectivity index (χ2n) is 8.09. The summed E-state index contributed by atoms with van der Waals surface area (Å²) in [5.74, 6) is 1.68. The predicted molar refractivity (Wildman–Crippen MR) is 131 cm³/mol. The Balaban J connectivity index is 1.59. The zero-order chi connectivity index (χ0) is 22.8. The smallest absolute Gasteiger partial charge is 0.244 e. The number of imidazole rings is 1. The van der Waals surface area contributed by atoms with Gasteiger partial charge in [-0.15, -0.1) is 0 Å². The maximum Gasteiger partial charge on any atom is 0.244 e. The van der Waals surface area contributed by atoms with Crippen LogP contribution in [0.1, 0.15) is 31.2 Å². The van der Waals surface area contributed by atoms with E-state index in [-0.39, 0.29) is 5.91 Å². The van der Waals surface area contributed by atoms with Crippen LogP contribution >= 0.6 is 0 Å². The van der Waals surface area contributed by atoms with Gasteiger partial charge in [0.1, 0.15) is 11.6 Å². The molecule has 0 unspecified atom stereocenters. The fourth-order valence-corrected chi connectivity index (χ4v) is 3.59. The van der Waals surface area contributed by atoms with Crippen molar-refractivity contribution in [2.24, 2.45) is 0 Å². The lowest BCUT2D eigenvalue weighted by Gasteiger charge is -2.12. The number of hydrogen-bond acceptors (Lipinski definition) is 4. The number of ether oxygens (including phenoxy) is 1. The van der Waals surface area contributed by atoms with Gasteiger partial charge in [0.25, 0.3) is 0 Å². The Morgan fingerprint density at radius 1 is 1.16 bits per heavy atom. The molecule has 32 heavy (non-hydrogen) atoms. The summed E-state index contributed by atoms with van der Waals surface area (Å²) in [6, 6.07) is 16.0. The highest BCUT2D eigenvalue weighted by molar-refractivity contribution is 5.92. The third-order valence-corrected chi connectivity index (χ3v) is 5.16. The van der Waals surface area contributed by atoms with E-state index in [1.165, 1.54) is 0 Å². The zero-order valence-electron chi connectivity index (χ0n) is 19.4. The second kappa shape index (κ2) is 12.1. The molecule has 1 heterocycles. The molecule has 0 atom stereocenters. The number of para-hydroxylation sites is 3. The van der Waals surface area contributed by atoms with Crippen molar-refractivity contribution >= 4 is 23.0 Å².